The molecule has 2 aromatic carbocycles. The molecule has 0 bridgehead atoms. The van der Waals surface area contributed by atoms with Gasteiger partial charge in [-0.05, 0) is 61.3 Å². The van der Waals surface area contributed by atoms with Gasteiger partial charge in [-0.25, -0.2) is 4.98 Å². The summed E-state index contributed by atoms with van der Waals surface area (Å²) >= 11 is 0. The van der Waals surface area contributed by atoms with Crippen LogP contribution in [0.2, 0.25) is 0 Å². The van der Waals surface area contributed by atoms with E-state index in [1.807, 2.05) is 52.4 Å². The molecule has 6 rings (SSSR count). The average molecular weight is 538 g/mol. The van der Waals surface area contributed by atoms with Crippen molar-refractivity contribution in [2.45, 2.75) is 38.5 Å². The molecule has 8 heteroatoms. The first-order valence-electron chi connectivity index (χ1n) is 14.2. The van der Waals surface area contributed by atoms with Crippen molar-refractivity contribution < 1.29 is 14.3 Å². The highest BCUT2D eigenvalue weighted by atomic mass is 16.5. The Kier molecular flexibility index (Phi) is 7.49. The smallest absolute Gasteiger partial charge is 0.274 e. The molecule has 0 unspecified atom stereocenters. The van der Waals surface area contributed by atoms with Gasteiger partial charge in [-0.15, -0.1) is 0 Å². The summed E-state index contributed by atoms with van der Waals surface area (Å²) in [5, 5.41) is 1.04. The topological polar surface area (TPSA) is 91.4 Å². The highest BCUT2D eigenvalue weighted by Gasteiger charge is 2.39. The molecule has 2 aromatic heterocycles. The Labute approximate surface area is 234 Å². The van der Waals surface area contributed by atoms with Gasteiger partial charge in [0, 0.05) is 43.6 Å². The van der Waals surface area contributed by atoms with Gasteiger partial charge in [0.1, 0.15) is 18.1 Å². The van der Waals surface area contributed by atoms with E-state index in [0.717, 1.165) is 55.2 Å². The first-order valence-corrected chi connectivity index (χ1v) is 14.2. The lowest BCUT2D eigenvalue weighted by Gasteiger charge is -2.45. The van der Waals surface area contributed by atoms with E-state index >= 15 is 0 Å². The van der Waals surface area contributed by atoms with Gasteiger partial charge < -0.3 is 19.5 Å². The fourth-order valence-corrected chi connectivity index (χ4v) is 6.27. The van der Waals surface area contributed by atoms with Crippen molar-refractivity contribution in [2.75, 3.05) is 32.8 Å². The Balaban J connectivity index is 1.23. The van der Waals surface area contributed by atoms with Crippen LogP contribution in [0.1, 0.15) is 58.5 Å². The number of amides is 2. The van der Waals surface area contributed by atoms with Crippen LogP contribution >= 0.6 is 0 Å². The number of hydrogen-bond acceptors (Lipinski definition) is 5. The van der Waals surface area contributed by atoms with Gasteiger partial charge in [0.25, 0.3) is 11.8 Å². The molecule has 1 spiro atoms. The Morgan fingerprint density at radius 1 is 0.875 bits per heavy atom. The van der Waals surface area contributed by atoms with E-state index in [9.17, 15) is 9.59 Å². The maximum atomic E-state index is 13.6. The van der Waals surface area contributed by atoms with Crippen molar-refractivity contribution in [1.82, 2.24) is 24.8 Å². The second kappa shape index (κ2) is 11.5. The first-order chi connectivity index (χ1) is 19.6. The average Bonchev–Trinajstić information content (AvgIpc) is 3.48. The normalized spacial score (nSPS) is 17.9. The molecule has 8 nitrogen and oxygen atoms in total. The molecule has 2 amide bonds. The molecule has 4 aromatic rings. The molecule has 4 heterocycles. The number of benzene rings is 2. The first kappa shape index (κ1) is 26.0. The largest absolute Gasteiger partial charge is 0.491 e. The van der Waals surface area contributed by atoms with E-state index in [1.165, 1.54) is 11.8 Å². The van der Waals surface area contributed by atoms with Crippen LogP contribution in [0.25, 0.3) is 10.9 Å². The third-order valence-electron chi connectivity index (χ3n) is 8.52. The number of nitrogens with zero attached hydrogens (tertiary/aromatic N) is 4. The van der Waals surface area contributed by atoms with Crippen molar-refractivity contribution in [3.8, 4) is 5.75 Å². The summed E-state index contributed by atoms with van der Waals surface area (Å²) in [6.45, 7) is 2.82. The summed E-state index contributed by atoms with van der Waals surface area (Å²) in [4.78, 5) is 42.7. The molecule has 2 aliphatic heterocycles. The van der Waals surface area contributed by atoms with Gasteiger partial charge in [-0.2, -0.15) is 0 Å². The number of nitrogens with one attached hydrogen (secondary N) is 1. The number of aryl methyl sites for hydroxylation is 1. The fraction of sp³-hybridized carbons (Fsp3) is 0.375. The molecule has 0 saturated carbocycles. The quantitative estimate of drug-likeness (QED) is 0.383. The summed E-state index contributed by atoms with van der Waals surface area (Å²) in [7, 11) is 0. The standard InChI is InChI=1S/C32H35N5O3/c38-30(26-9-5-8-25-11-15-35-29(25)26)36-18-13-32(14-19-36)12-4-3-7-24-6-1-2-10-28(24)40-21-20-37(23-32)31(39)27-22-33-16-17-34-27/h1-2,5-6,8-11,15-17,22,35H,3-4,7,12-14,18-21,23H2. The molecule has 40 heavy (non-hydrogen) atoms. The van der Waals surface area contributed by atoms with Crippen LogP contribution < -0.4 is 4.74 Å². The maximum Gasteiger partial charge on any atom is 0.274 e. The maximum absolute atomic E-state index is 13.6. The summed E-state index contributed by atoms with van der Waals surface area (Å²) in [6, 6.07) is 16.1. The van der Waals surface area contributed by atoms with Crippen molar-refractivity contribution in [3.63, 3.8) is 0 Å². The van der Waals surface area contributed by atoms with Crippen LogP contribution in [-0.4, -0.2) is 69.4 Å². The number of piperidine rings is 1. The van der Waals surface area contributed by atoms with Crippen molar-refractivity contribution in [1.29, 1.82) is 0 Å². The van der Waals surface area contributed by atoms with Crippen molar-refractivity contribution >= 4 is 22.7 Å². The number of fused-ring (bicyclic) bond motifs is 2. The van der Waals surface area contributed by atoms with E-state index in [2.05, 4.69) is 27.1 Å². The number of carbonyl (C=O) groups excluding carboxylic acids is 2. The van der Waals surface area contributed by atoms with Gasteiger partial charge in [-0.3, -0.25) is 14.6 Å². The number of aromatic amines is 1. The summed E-state index contributed by atoms with van der Waals surface area (Å²) in [6.07, 6.45) is 12.3. The lowest BCUT2D eigenvalue weighted by Crippen LogP contribution is -2.50. The van der Waals surface area contributed by atoms with E-state index in [-0.39, 0.29) is 17.2 Å². The molecular weight excluding hydrogens is 502 g/mol. The van der Waals surface area contributed by atoms with Crippen LogP contribution in [0.3, 0.4) is 0 Å². The number of carbonyl (C=O) groups is 2. The zero-order valence-electron chi connectivity index (χ0n) is 22.7. The van der Waals surface area contributed by atoms with Crippen molar-refractivity contribution in [3.05, 3.63) is 90.1 Å². The molecule has 0 aliphatic carbocycles. The highest BCUT2D eigenvalue weighted by molar-refractivity contribution is 6.05. The van der Waals surface area contributed by atoms with E-state index < -0.39 is 0 Å². The SMILES string of the molecule is O=C(c1cnccn1)N1CCOc2ccccc2CCCCC2(CCN(C(=O)c3cccc4cc[nH]c34)CC2)C1. The summed E-state index contributed by atoms with van der Waals surface area (Å²) in [5.41, 5.74) is 3.08. The number of para-hydroxylation sites is 2. The Bertz CT molecular complexity index is 1480. The predicted molar refractivity (Wildman–Crippen MR) is 153 cm³/mol. The van der Waals surface area contributed by atoms with E-state index in [4.69, 9.17) is 4.74 Å². The number of hydrogen-bond donors (Lipinski definition) is 1. The lowest BCUT2D eigenvalue weighted by molar-refractivity contribution is 0.0326. The summed E-state index contributed by atoms with van der Waals surface area (Å²) in [5.74, 6) is 0.834. The zero-order valence-corrected chi connectivity index (χ0v) is 22.7. The molecule has 1 fully saturated rings. The summed E-state index contributed by atoms with van der Waals surface area (Å²) < 4.78 is 6.19. The lowest BCUT2D eigenvalue weighted by atomic mass is 9.73. The van der Waals surface area contributed by atoms with Crippen LogP contribution in [0, 0.1) is 5.41 Å². The van der Waals surface area contributed by atoms with Gasteiger partial charge in [0.05, 0.1) is 23.8 Å². The molecule has 1 saturated heterocycles. The van der Waals surface area contributed by atoms with Gasteiger partial charge in [0.2, 0.25) is 0 Å². The van der Waals surface area contributed by atoms with Gasteiger partial charge in [0.15, 0.2) is 0 Å². The third-order valence-corrected chi connectivity index (χ3v) is 8.52. The molecule has 0 atom stereocenters. The highest BCUT2D eigenvalue weighted by Crippen LogP contribution is 2.39. The number of ether oxygens (including phenoxy) is 1. The van der Waals surface area contributed by atoms with Crippen molar-refractivity contribution in [2.24, 2.45) is 5.41 Å². The Hall–Kier alpha value is -4.20. The van der Waals surface area contributed by atoms with E-state index in [1.54, 1.807) is 12.4 Å². The minimum absolute atomic E-state index is 0.0635. The molecule has 0 radical (unpaired) electrons. The Morgan fingerprint density at radius 3 is 2.60 bits per heavy atom. The number of aromatic nitrogens is 3. The molecule has 1 N–H and O–H groups in total. The van der Waals surface area contributed by atoms with Gasteiger partial charge in [-0.1, -0.05) is 36.8 Å². The second-order valence-electron chi connectivity index (χ2n) is 11.0. The Morgan fingerprint density at radius 2 is 1.75 bits per heavy atom. The number of likely N-dealkylation sites (tertiary alicyclic amines) is 1. The third kappa shape index (κ3) is 5.43. The van der Waals surface area contributed by atoms with E-state index in [0.29, 0.717) is 44.0 Å². The monoisotopic (exact) mass is 537 g/mol. The molecular formula is C32H35N5O3. The number of H-pyrrole nitrogens is 1. The van der Waals surface area contributed by atoms with Crippen LogP contribution in [0.15, 0.2) is 73.3 Å². The minimum atomic E-state index is -0.127. The predicted octanol–water partition coefficient (Wildman–Crippen LogP) is 5.13. The van der Waals surface area contributed by atoms with Crippen LogP contribution in [-0.2, 0) is 6.42 Å². The zero-order chi connectivity index (χ0) is 27.4. The second-order valence-corrected chi connectivity index (χ2v) is 11.0. The van der Waals surface area contributed by atoms with Crippen LogP contribution in [0.5, 0.6) is 5.75 Å². The minimum Gasteiger partial charge on any atom is -0.491 e. The number of rotatable bonds is 2. The van der Waals surface area contributed by atoms with Crippen LogP contribution in [0.4, 0.5) is 0 Å². The molecule has 206 valence electrons. The van der Waals surface area contributed by atoms with Gasteiger partial charge >= 0.3 is 0 Å². The molecule has 2 aliphatic rings. The fourth-order valence-electron chi connectivity index (χ4n) is 6.27.